The fourth-order valence-electron chi connectivity index (χ4n) is 4.13. The number of carbonyl (C=O) groups is 1. The Morgan fingerprint density at radius 1 is 1.04 bits per heavy atom. The van der Waals surface area contributed by atoms with Crippen molar-refractivity contribution in [2.24, 2.45) is 27.8 Å². The number of rotatable bonds is 2. The minimum absolute atomic E-state index is 0.0326. The zero-order valence-electron chi connectivity index (χ0n) is 13.6. The van der Waals surface area contributed by atoms with E-state index in [9.17, 15) is 4.79 Å². The predicted octanol–water partition coefficient (Wildman–Crippen LogP) is 1.79. The molecule has 4 rings (SSSR count). The van der Waals surface area contributed by atoms with Crippen LogP contribution < -0.4 is 16.4 Å². The van der Waals surface area contributed by atoms with Gasteiger partial charge in [-0.05, 0) is 36.8 Å². The van der Waals surface area contributed by atoms with E-state index >= 15 is 0 Å². The molecule has 0 spiro atoms. The smallest absolute Gasteiger partial charge is 0.315 e. The van der Waals surface area contributed by atoms with Crippen LogP contribution in [0.2, 0.25) is 0 Å². The van der Waals surface area contributed by atoms with Gasteiger partial charge < -0.3 is 16.4 Å². The van der Waals surface area contributed by atoms with Crippen LogP contribution in [-0.2, 0) is 6.54 Å². The number of carbonyl (C=O) groups excluding carboxylic acids is 1. The van der Waals surface area contributed by atoms with Crippen molar-refractivity contribution in [3.05, 3.63) is 35.4 Å². The van der Waals surface area contributed by atoms with Crippen molar-refractivity contribution in [3.63, 3.8) is 0 Å². The molecule has 24 heavy (non-hydrogen) atoms. The standard InChI is InChI=1S/C18H23N5O/c19-9-11-1-3-12(4-2-11)17-14-6-8-16-15(21-18(24)22-16)7-5-13(14)10-20-23-17/h1-4,10,13-16H,5-9,19H2,(H2,21,22,24). The highest BCUT2D eigenvalue weighted by molar-refractivity contribution is 6.04. The highest BCUT2D eigenvalue weighted by atomic mass is 16.2. The molecule has 6 heteroatoms. The largest absolute Gasteiger partial charge is 0.333 e. The predicted molar refractivity (Wildman–Crippen MR) is 94.1 cm³/mol. The molecule has 0 aromatic heterocycles. The average Bonchev–Trinajstić information content (AvgIpc) is 2.95. The Balaban J connectivity index is 1.57. The summed E-state index contributed by atoms with van der Waals surface area (Å²) in [5, 5.41) is 14.8. The fourth-order valence-corrected chi connectivity index (χ4v) is 4.13. The summed E-state index contributed by atoms with van der Waals surface area (Å²) in [7, 11) is 0. The molecule has 0 radical (unpaired) electrons. The van der Waals surface area contributed by atoms with Crippen molar-refractivity contribution in [1.29, 1.82) is 0 Å². The second-order valence-corrected chi connectivity index (χ2v) is 6.91. The Kier molecular flexibility index (Phi) is 4.06. The Labute approximate surface area is 141 Å². The van der Waals surface area contributed by atoms with Gasteiger partial charge in [-0.15, -0.1) is 0 Å². The van der Waals surface area contributed by atoms with E-state index in [0.29, 0.717) is 18.4 Å². The number of benzene rings is 1. The summed E-state index contributed by atoms with van der Waals surface area (Å²) in [4.78, 5) is 11.6. The van der Waals surface area contributed by atoms with Crippen LogP contribution in [0, 0.1) is 11.8 Å². The number of amides is 2. The van der Waals surface area contributed by atoms with Crippen LogP contribution in [0.1, 0.15) is 36.8 Å². The van der Waals surface area contributed by atoms with Crippen LogP contribution in [-0.4, -0.2) is 30.0 Å². The number of fused-ring (bicyclic) bond motifs is 2. The molecule has 1 saturated carbocycles. The van der Waals surface area contributed by atoms with Crippen molar-refractivity contribution in [2.75, 3.05) is 0 Å². The number of hydrogen-bond donors (Lipinski definition) is 3. The molecule has 2 fully saturated rings. The molecule has 4 unspecified atom stereocenters. The first-order valence-electron chi connectivity index (χ1n) is 8.72. The van der Waals surface area contributed by atoms with Gasteiger partial charge in [-0.25, -0.2) is 4.79 Å². The summed E-state index contributed by atoms with van der Waals surface area (Å²) < 4.78 is 0. The van der Waals surface area contributed by atoms with E-state index in [1.165, 1.54) is 0 Å². The van der Waals surface area contributed by atoms with E-state index in [1.807, 2.05) is 6.21 Å². The minimum Gasteiger partial charge on any atom is -0.333 e. The molecule has 6 nitrogen and oxygen atoms in total. The van der Waals surface area contributed by atoms with E-state index in [-0.39, 0.29) is 18.1 Å². The molecule has 3 aliphatic rings. The highest BCUT2D eigenvalue weighted by Gasteiger charge is 2.38. The molecule has 1 aromatic carbocycles. The zero-order valence-corrected chi connectivity index (χ0v) is 13.6. The Bertz CT molecular complexity index is 681. The van der Waals surface area contributed by atoms with Gasteiger partial charge in [0.15, 0.2) is 0 Å². The second-order valence-electron chi connectivity index (χ2n) is 6.91. The third kappa shape index (κ3) is 2.82. The molecule has 2 heterocycles. The highest BCUT2D eigenvalue weighted by Crippen LogP contribution is 2.33. The van der Waals surface area contributed by atoms with Crippen LogP contribution in [0.5, 0.6) is 0 Å². The lowest BCUT2D eigenvalue weighted by atomic mass is 9.75. The molecule has 4 N–H and O–H groups in total. The Morgan fingerprint density at radius 3 is 2.46 bits per heavy atom. The quantitative estimate of drug-likeness (QED) is 0.773. The lowest BCUT2D eigenvalue weighted by molar-refractivity contribution is 0.246. The van der Waals surface area contributed by atoms with Gasteiger partial charge in [0, 0.05) is 24.6 Å². The van der Waals surface area contributed by atoms with Crippen molar-refractivity contribution < 1.29 is 4.79 Å². The van der Waals surface area contributed by atoms with Crippen LogP contribution in [0.3, 0.4) is 0 Å². The molecular formula is C18H23N5O. The van der Waals surface area contributed by atoms with E-state index in [0.717, 1.165) is 42.5 Å². The fraction of sp³-hybridized carbons (Fsp3) is 0.500. The monoisotopic (exact) mass is 325 g/mol. The molecule has 2 amide bonds. The molecular weight excluding hydrogens is 302 g/mol. The van der Waals surface area contributed by atoms with Gasteiger partial charge in [-0.3, -0.25) is 0 Å². The third-order valence-corrected chi connectivity index (χ3v) is 5.50. The first-order chi connectivity index (χ1) is 11.7. The molecule has 1 aliphatic carbocycles. The maximum Gasteiger partial charge on any atom is 0.315 e. The number of nitrogens with two attached hydrogens (primary N) is 1. The number of nitrogens with one attached hydrogen (secondary N) is 2. The SMILES string of the molecule is NCc1ccc(C2=NN=CC3CCC4NC(=O)NC4CCC23)cc1. The summed E-state index contributed by atoms with van der Waals surface area (Å²) in [6.07, 6.45) is 5.98. The Hall–Kier alpha value is -2.21. The van der Waals surface area contributed by atoms with Crippen molar-refractivity contribution in [1.82, 2.24) is 10.6 Å². The normalized spacial score (nSPS) is 31.9. The summed E-state index contributed by atoms with van der Waals surface area (Å²) in [5.41, 5.74) is 9.01. The van der Waals surface area contributed by atoms with Crippen LogP contribution in [0.25, 0.3) is 0 Å². The summed E-state index contributed by atoms with van der Waals surface area (Å²) in [6.45, 7) is 0.548. The van der Waals surface area contributed by atoms with Gasteiger partial charge in [-0.2, -0.15) is 10.2 Å². The maximum absolute atomic E-state index is 11.6. The van der Waals surface area contributed by atoms with E-state index < -0.39 is 0 Å². The number of urea groups is 1. The third-order valence-electron chi connectivity index (χ3n) is 5.50. The molecule has 2 aliphatic heterocycles. The molecule has 0 bridgehead atoms. The molecule has 126 valence electrons. The first-order valence-corrected chi connectivity index (χ1v) is 8.72. The van der Waals surface area contributed by atoms with Crippen molar-refractivity contribution in [2.45, 2.75) is 44.3 Å². The van der Waals surface area contributed by atoms with Gasteiger partial charge in [0.05, 0.1) is 17.8 Å². The summed E-state index contributed by atoms with van der Waals surface area (Å²) >= 11 is 0. The van der Waals surface area contributed by atoms with E-state index in [2.05, 4.69) is 45.1 Å². The van der Waals surface area contributed by atoms with E-state index in [1.54, 1.807) is 0 Å². The molecule has 1 saturated heterocycles. The zero-order chi connectivity index (χ0) is 16.5. The van der Waals surface area contributed by atoms with E-state index in [4.69, 9.17) is 5.73 Å². The van der Waals surface area contributed by atoms with Crippen molar-refractivity contribution >= 4 is 18.0 Å². The minimum atomic E-state index is -0.0326. The Morgan fingerprint density at radius 2 is 1.75 bits per heavy atom. The van der Waals surface area contributed by atoms with Crippen LogP contribution >= 0.6 is 0 Å². The second kappa shape index (κ2) is 6.36. The summed E-state index contributed by atoms with van der Waals surface area (Å²) in [5.74, 6) is 0.759. The van der Waals surface area contributed by atoms with Crippen LogP contribution in [0.4, 0.5) is 4.79 Å². The topological polar surface area (TPSA) is 91.9 Å². The summed E-state index contributed by atoms with van der Waals surface area (Å²) in [6, 6.07) is 8.76. The van der Waals surface area contributed by atoms with Gasteiger partial charge in [0.2, 0.25) is 0 Å². The molecule has 1 aromatic rings. The number of nitrogens with zero attached hydrogens (tertiary/aromatic N) is 2. The molecule has 4 atom stereocenters. The van der Waals surface area contributed by atoms with Crippen molar-refractivity contribution in [3.8, 4) is 0 Å². The van der Waals surface area contributed by atoms with Gasteiger partial charge in [0.25, 0.3) is 0 Å². The average molecular weight is 325 g/mol. The van der Waals surface area contributed by atoms with Gasteiger partial charge in [0.1, 0.15) is 0 Å². The van der Waals surface area contributed by atoms with Crippen LogP contribution in [0.15, 0.2) is 34.5 Å². The number of hydrogen-bond acceptors (Lipinski definition) is 4. The lowest BCUT2D eigenvalue weighted by Crippen LogP contribution is -2.39. The van der Waals surface area contributed by atoms with Gasteiger partial charge >= 0.3 is 6.03 Å². The lowest BCUT2D eigenvalue weighted by Gasteiger charge is -2.33. The maximum atomic E-state index is 11.6. The first kappa shape index (κ1) is 15.3. The van der Waals surface area contributed by atoms with Gasteiger partial charge in [-0.1, -0.05) is 24.3 Å².